The lowest BCUT2D eigenvalue weighted by molar-refractivity contribution is -0.116. The van der Waals surface area contributed by atoms with Crippen molar-refractivity contribution in [2.24, 2.45) is 0 Å². The lowest BCUT2D eigenvalue weighted by atomic mass is 10.1. The van der Waals surface area contributed by atoms with Gasteiger partial charge in [-0.3, -0.25) is 4.79 Å². The Kier molecular flexibility index (Phi) is 3.83. The van der Waals surface area contributed by atoms with Crippen molar-refractivity contribution in [1.82, 2.24) is 0 Å². The number of carbonyl (C=O) groups is 1. The summed E-state index contributed by atoms with van der Waals surface area (Å²) in [4.78, 5) is 13.4. The van der Waals surface area contributed by atoms with E-state index in [9.17, 15) is 13.6 Å². The third kappa shape index (κ3) is 3.40. The number of aryl methyl sites for hydroxylation is 1. The van der Waals surface area contributed by atoms with E-state index >= 15 is 0 Å². The Morgan fingerprint density at radius 2 is 2.20 bits per heavy atom. The van der Waals surface area contributed by atoms with E-state index in [1.165, 1.54) is 0 Å². The molecular formula is C10H8F2N2O. The van der Waals surface area contributed by atoms with Crippen LogP contribution in [0.1, 0.15) is 12.0 Å². The summed E-state index contributed by atoms with van der Waals surface area (Å²) in [5.74, 6) is -1.54. The normalized spacial score (nSPS) is 9.47. The van der Waals surface area contributed by atoms with E-state index in [0.717, 1.165) is 24.4 Å². The quantitative estimate of drug-likeness (QED) is 0.424. The highest BCUT2D eigenvalue weighted by Crippen LogP contribution is 2.11. The van der Waals surface area contributed by atoms with Gasteiger partial charge in [-0.1, -0.05) is 0 Å². The van der Waals surface area contributed by atoms with Gasteiger partial charge in [-0.05, 0) is 30.2 Å². The average molecular weight is 210 g/mol. The molecule has 0 amide bonds. The van der Waals surface area contributed by atoms with Crippen LogP contribution in [0.2, 0.25) is 0 Å². The minimum atomic E-state index is -0.551. The van der Waals surface area contributed by atoms with Crippen LogP contribution in [0.5, 0.6) is 0 Å². The minimum Gasteiger partial charge on any atom is -0.361 e. The fourth-order valence-corrected chi connectivity index (χ4v) is 1.12. The third-order valence-electron chi connectivity index (χ3n) is 1.85. The Bertz CT molecular complexity index is 425. The molecule has 5 heteroatoms. The minimum absolute atomic E-state index is 0.0234. The number of carbonyl (C=O) groups excluding carboxylic acids is 1. The third-order valence-corrected chi connectivity index (χ3v) is 1.85. The number of ketones is 1. The number of hydrogen-bond acceptors (Lipinski definition) is 1. The van der Waals surface area contributed by atoms with E-state index in [-0.39, 0.29) is 18.4 Å². The first-order valence-corrected chi connectivity index (χ1v) is 4.27. The van der Waals surface area contributed by atoms with Gasteiger partial charge in [0.25, 0.3) is 0 Å². The zero-order valence-electron chi connectivity index (χ0n) is 7.78. The lowest BCUT2D eigenvalue weighted by Gasteiger charge is -2.00. The molecule has 0 saturated heterocycles. The molecule has 0 saturated carbocycles. The first-order chi connectivity index (χ1) is 7.13. The predicted octanol–water partition coefficient (Wildman–Crippen LogP) is 1.77. The molecule has 1 aromatic rings. The molecule has 1 rings (SSSR count). The molecule has 0 aliphatic heterocycles. The molecule has 0 aliphatic carbocycles. The van der Waals surface area contributed by atoms with Gasteiger partial charge in [0.15, 0.2) is 0 Å². The van der Waals surface area contributed by atoms with Gasteiger partial charge in [0.05, 0.1) is 0 Å². The van der Waals surface area contributed by atoms with Crippen LogP contribution >= 0.6 is 0 Å². The van der Waals surface area contributed by atoms with Crippen molar-refractivity contribution >= 4 is 12.0 Å². The monoisotopic (exact) mass is 210 g/mol. The van der Waals surface area contributed by atoms with Crippen LogP contribution in [0.4, 0.5) is 8.78 Å². The summed E-state index contributed by atoms with van der Waals surface area (Å²) < 4.78 is 25.7. The van der Waals surface area contributed by atoms with E-state index in [1.54, 1.807) is 0 Å². The Labute approximate surface area is 85.0 Å². The van der Waals surface area contributed by atoms with Crippen molar-refractivity contribution in [1.29, 1.82) is 0 Å². The van der Waals surface area contributed by atoms with Gasteiger partial charge in [0.2, 0.25) is 5.78 Å². The maximum Gasteiger partial charge on any atom is 0.323 e. The Morgan fingerprint density at radius 1 is 1.47 bits per heavy atom. The predicted molar refractivity (Wildman–Crippen MR) is 49.4 cm³/mol. The van der Waals surface area contributed by atoms with Crippen LogP contribution in [-0.2, 0) is 11.2 Å². The van der Waals surface area contributed by atoms with Crippen molar-refractivity contribution < 1.29 is 18.4 Å². The first-order valence-electron chi connectivity index (χ1n) is 4.27. The van der Waals surface area contributed by atoms with Crippen molar-refractivity contribution in [3.05, 3.63) is 40.9 Å². The molecular weight excluding hydrogens is 202 g/mol. The molecule has 0 spiro atoms. The van der Waals surface area contributed by atoms with Crippen molar-refractivity contribution in [3.63, 3.8) is 0 Å². The molecule has 0 unspecified atom stereocenters. The molecule has 0 aliphatic rings. The number of halogens is 2. The van der Waals surface area contributed by atoms with Gasteiger partial charge >= 0.3 is 6.21 Å². The molecule has 3 nitrogen and oxygen atoms in total. The maximum atomic E-state index is 13.0. The van der Waals surface area contributed by atoms with Crippen LogP contribution in [-0.4, -0.2) is 16.8 Å². The summed E-state index contributed by atoms with van der Waals surface area (Å²) in [6.07, 6.45) is 0.788. The van der Waals surface area contributed by atoms with Crippen molar-refractivity contribution in [2.75, 3.05) is 0 Å². The van der Waals surface area contributed by atoms with Gasteiger partial charge in [-0.25, -0.2) is 8.78 Å². The summed E-state index contributed by atoms with van der Waals surface area (Å²) in [5, 5.41) is 0. The molecule has 0 N–H and O–H groups in total. The number of Topliss-reactive ketones (excluding diaryl/α,β-unsaturated/α-hetero) is 1. The number of benzene rings is 1. The highest BCUT2D eigenvalue weighted by Gasteiger charge is 2.07. The first kappa shape index (κ1) is 11.2. The van der Waals surface area contributed by atoms with E-state index in [1.807, 2.05) is 0 Å². The molecule has 15 heavy (non-hydrogen) atoms. The number of rotatable bonds is 4. The second kappa shape index (κ2) is 5.12. The molecule has 0 heterocycles. The maximum absolute atomic E-state index is 13.0. The fourth-order valence-electron chi connectivity index (χ4n) is 1.12. The SMILES string of the molecule is [N-]=[N+]=CC(=O)CCc1cc(F)ccc1F. The van der Waals surface area contributed by atoms with E-state index < -0.39 is 17.4 Å². The Hall–Kier alpha value is -1.87. The van der Waals surface area contributed by atoms with Crippen LogP contribution in [0.15, 0.2) is 18.2 Å². The summed E-state index contributed by atoms with van der Waals surface area (Å²) in [5.41, 5.74) is 8.18. The standard InChI is InChI=1S/C10H8F2N2O/c11-8-2-4-10(12)7(5-8)1-3-9(15)6-14-13/h2,4-6H,1,3H2. The van der Waals surface area contributed by atoms with Gasteiger partial charge in [0, 0.05) is 6.42 Å². The highest BCUT2D eigenvalue weighted by atomic mass is 19.1. The van der Waals surface area contributed by atoms with Crippen LogP contribution in [0, 0.1) is 11.6 Å². The number of nitrogens with zero attached hydrogens (tertiary/aromatic N) is 2. The topological polar surface area (TPSA) is 53.5 Å². The second-order valence-corrected chi connectivity index (χ2v) is 2.95. The average Bonchev–Trinajstić information content (AvgIpc) is 2.20. The largest absolute Gasteiger partial charge is 0.361 e. The molecule has 0 fully saturated rings. The van der Waals surface area contributed by atoms with Gasteiger partial charge < -0.3 is 5.53 Å². The fraction of sp³-hybridized carbons (Fsp3) is 0.200. The zero-order chi connectivity index (χ0) is 11.3. The van der Waals surface area contributed by atoms with Crippen LogP contribution in [0.25, 0.3) is 5.53 Å². The molecule has 0 bridgehead atoms. The Balaban J connectivity index is 2.68. The summed E-state index contributed by atoms with van der Waals surface area (Å²) in [6, 6.07) is 3.06. The lowest BCUT2D eigenvalue weighted by Crippen LogP contribution is -2.03. The molecule has 78 valence electrons. The van der Waals surface area contributed by atoms with Crippen LogP contribution < -0.4 is 0 Å². The zero-order valence-corrected chi connectivity index (χ0v) is 7.78. The van der Waals surface area contributed by atoms with Crippen molar-refractivity contribution in [2.45, 2.75) is 12.8 Å². The Morgan fingerprint density at radius 3 is 2.87 bits per heavy atom. The summed E-state index contributed by atoms with van der Waals surface area (Å²) >= 11 is 0. The summed E-state index contributed by atoms with van der Waals surface area (Å²) in [6.45, 7) is 0. The van der Waals surface area contributed by atoms with Gasteiger partial charge in [0.1, 0.15) is 11.6 Å². The second-order valence-electron chi connectivity index (χ2n) is 2.95. The molecule has 0 radical (unpaired) electrons. The van der Waals surface area contributed by atoms with Gasteiger partial charge in [-0.15, -0.1) is 0 Å². The van der Waals surface area contributed by atoms with Crippen molar-refractivity contribution in [3.8, 4) is 0 Å². The molecule has 1 aromatic carbocycles. The summed E-state index contributed by atoms with van der Waals surface area (Å²) in [7, 11) is 0. The smallest absolute Gasteiger partial charge is 0.323 e. The van der Waals surface area contributed by atoms with Gasteiger partial charge in [-0.2, -0.15) is 4.79 Å². The van der Waals surface area contributed by atoms with E-state index in [0.29, 0.717) is 0 Å². The van der Waals surface area contributed by atoms with Crippen LogP contribution in [0.3, 0.4) is 0 Å². The highest BCUT2D eigenvalue weighted by molar-refractivity contribution is 6.25. The molecule has 0 aromatic heterocycles. The van der Waals surface area contributed by atoms with E-state index in [4.69, 9.17) is 5.53 Å². The van der Waals surface area contributed by atoms with E-state index in [2.05, 4.69) is 4.79 Å². The number of hydrogen-bond donors (Lipinski definition) is 0. The molecule has 0 atom stereocenters.